The van der Waals surface area contributed by atoms with Crippen LogP contribution in [0.2, 0.25) is 0 Å². The van der Waals surface area contributed by atoms with Gasteiger partial charge in [0.05, 0.1) is 34.4 Å². The van der Waals surface area contributed by atoms with E-state index in [1.165, 1.54) is 47.0 Å². The molecule has 1 aliphatic heterocycles. The van der Waals surface area contributed by atoms with E-state index < -0.39 is 40.8 Å². The van der Waals surface area contributed by atoms with Crippen LogP contribution in [-0.4, -0.2) is 51.4 Å². The average molecular weight is 638 g/mol. The number of fused-ring (bicyclic) bond motifs is 2. The fourth-order valence-corrected chi connectivity index (χ4v) is 5.60. The molecule has 1 amide bonds. The first-order chi connectivity index (χ1) is 21.9. The molecule has 13 heteroatoms. The van der Waals surface area contributed by atoms with Crippen LogP contribution in [0.4, 0.5) is 27.6 Å². The zero-order valence-electron chi connectivity index (χ0n) is 24.7. The van der Waals surface area contributed by atoms with Gasteiger partial charge in [-0.1, -0.05) is 12.1 Å². The van der Waals surface area contributed by atoms with Gasteiger partial charge in [-0.25, -0.2) is 13.8 Å². The summed E-state index contributed by atoms with van der Waals surface area (Å²) in [6.45, 7) is 3.28. The van der Waals surface area contributed by atoms with E-state index >= 15 is 8.78 Å². The Morgan fingerprint density at radius 2 is 1.83 bits per heavy atom. The first-order valence-electron chi connectivity index (χ1n) is 14.4. The SMILES string of the molecule is Cc1nc2cc(-c3cccn4c(C(=O)c5cc(F)c(NC(=O)/C=C/CNC6CCOC6)c(F)c5)ccc34)c(C(F)(F)F)cc2n1C. The first-order valence-corrected chi connectivity index (χ1v) is 14.4. The summed E-state index contributed by atoms with van der Waals surface area (Å²) < 4.78 is 81.0. The lowest BCUT2D eigenvalue weighted by atomic mass is 9.98. The van der Waals surface area contributed by atoms with Crippen LogP contribution in [-0.2, 0) is 22.8 Å². The Bertz CT molecular complexity index is 2000. The molecule has 2 aromatic carbocycles. The quantitative estimate of drug-likeness (QED) is 0.120. The molecule has 8 nitrogen and oxygen atoms in total. The molecule has 2 N–H and O–H groups in total. The summed E-state index contributed by atoms with van der Waals surface area (Å²) in [5, 5.41) is 5.32. The number of aryl methyl sites for hydroxylation is 2. The van der Waals surface area contributed by atoms with Crippen molar-refractivity contribution >= 4 is 33.9 Å². The largest absolute Gasteiger partial charge is 0.417 e. The highest BCUT2D eigenvalue weighted by molar-refractivity contribution is 6.09. The van der Waals surface area contributed by atoms with E-state index in [4.69, 9.17) is 4.74 Å². The van der Waals surface area contributed by atoms with E-state index in [0.717, 1.165) is 30.7 Å². The fourth-order valence-electron chi connectivity index (χ4n) is 5.60. The standard InChI is InChI=1S/C33H28F5N5O3/c1-18-40-26-15-22(23(33(36,37)38)16-29(26)42(18)2)21-5-4-11-43-27(21)7-8-28(43)32(45)19-13-24(34)31(25(35)14-19)41-30(44)6-3-10-39-20-9-12-46-17-20/h3-8,11,13-16,20,39H,9-10,12,17H2,1-2H3,(H,41,44)/b6-3+. The van der Waals surface area contributed by atoms with E-state index in [9.17, 15) is 22.8 Å². The van der Waals surface area contributed by atoms with Gasteiger partial charge in [-0.05, 0) is 61.4 Å². The second-order valence-corrected chi connectivity index (χ2v) is 11.0. The predicted molar refractivity (Wildman–Crippen MR) is 162 cm³/mol. The van der Waals surface area contributed by atoms with Gasteiger partial charge in [0.1, 0.15) is 23.1 Å². The van der Waals surface area contributed by atoms with Gasteiger partial charge in [-0.2, -0.15) is 13.2 Å². The summed E-state index contributed by atoms with van der Waals surface area (Å²) in [6, 6.07) is 10.0. The highest BCUT2D eigenvalue weighted by Crippen LogP contribution is 2.41. The number of ether oxygens (including phenoxy) is 1. The Morgan fingerprint density at radius 3 is 2.52 bits per heavy atom. The number of halogens is 5. The number of hydrogen-bond acceptors (Lipinski definition) is 5. The van der Waals surface area contributed by atoms with Crippen LogP contribution in [0.1, 0.15) is 33.9 Å². The van der Waals surface area contributed by atoms with Gasteiger partial charge in [-0.3, -0.25) is 9.59 Å². The molecule has 0 spiro atoms. The fraction of sp³-hybridized carbons (Fsp3) is 0.242. The Labute approximate surface area is 259 Å². The van der Waals surface area contributed by atoms with E-state index in [2.05, 4.69) is 15.6 Å². The average Bonchev–Trinajstić information content (AvgIpc) is 3.75. The summed E-state index contributed by atoms with van der Waals surface area (Å²) >= 11 is 0. The van der Waals surface area contributed by atoms with E-state index in [1.54, 1.807) is 18.5 Å². The maximum atomic E-state index is 15.0. The highest BCUT2D eigenvalue weighted by atomic mass is 19.4. The molecule has 3 aromatic heterocycles. The summed E-state index contributed by atoms with van der Waals surface area (Å²) in [6.07, 6.45) is 0.291. The lowest BCUT2D eigenvalue weighted by Crippen LogP contribution is -2.29. The third-order valence-corrected chi connectivity index (χ3v) is 8.04. The van der Waals surface area contributed by atoms with Crippen molar-refractivity contribution in [1.82, 2.24) is 19.3 Å². The number of aromatic nitrogens is 3. The van der Waals surface area contributed by atoms with Gasteiger partial charge in [0.25, 0.3) is 0 Å². The number of nitrogens with one attached hydrogen (secondary N) is 2. The molecular formula is C33H28F5N5O3. The number of pyridine rings is 1. The van der Waals surface area contributed by atoms with Gasteiger partial charge in [-0.15, -0.1) is 0 Å². The van der Waals surface area contributed by atoms with Gasteiger partial charge in [0.15, 0.2) is 0 Å². The van der Waals surface area contributed by atoms with Crippen molar-refractivity contribution in [1.29, 1.82) is 0 Å². The number of rotatable bonds is 8. The zero-order chi connectivity index (χ0) is 32.7. The van der Waals surface area contributed by atoms with E-state index in [1.807, 2.05) is 0 Å². The van der Waals surface area contributed by atoms with Crippen LogP contribution in [0.5, 0.6) is 0 Å². The highest BCUT2D eigenvalue weighted by Gasteiger charge is 2.35. The van der Waals surface area contributed by atoms with Crippen LogP contribution < -0.4 is 10.6 Å². The number of carbonyl (C=O) groups is 2. The van der Waals surface area contributed by atoms with Gasteiger partial charge < -0.3 is 24.3 Å². The molecule has 0 radical (unpaired) electrons. The number of hydrogen-bond donors (Lipinski definition) is 2. The third-order valence-electron chi connectivity index (χ3n) is 8.04. The molecular weight excluding hydrogens is 609 g/mol. The maximum absolute atomic E-state index is 15.0. The minimum Gasteiger partial charge on any atom is -0.380 e. The van der Waals surface area contributed by atoms with Crippen molar-refractivity contribution < 1.29 is 36.3 Å². The maximum Gasteiger partial charge on any atom is 0.417 e. The number of benzene rings is 2. The summed E-state index contributed by atoms with van der Waals surface area (Å²) in [7, 11) is 1.63. The molecule has 5 aromatic rings. The first kappa shape index (κ1) is 31.1. The molecule has 1 fully saturated rings. The Hall–Kier alpha value is -4.88. The Kier molecular flexibility index (Phi) is 8.21. The summed E-state index contributed by atoms with van der Waals surface area (Å²) in [4.78, 5) is 30.1. The third kappa shape index (κ3) is 5.90. The molecule has 1 unspecified atom stereocenters. The van der Waals surface area contributed by atoms with Crippen LogP contribution in [0.3, 0.4) is 0 Å². The number of carbonyl (C=O) groups excluding carboxylic acids is 2. The van der Waals surface area contributed by atoms with Crippen LogP contribution in [0, 0.1) is 18.6 Å². The van der Waals surface area contributed by atoms with Crippen molar-refractivity contribution in [2.75, 3.05) is 25.1 Å². The lowest BCUT2D eigenvalue weighted by molar-refractivity contribution is -0.137. The Morgan fingerprint density at radius 1 is 1.07 bits per heavy atom. The van der Waals surface area contributed by atoms with E-state index in [-0.39, 0.29) is 33.9 Å². The monoisotopic (exact) mass is 637 g/mol. The molecule has 238 valence electrons. The summed E-state index contributed by atoms with van der Waals surface area (Å²) in [5.74, 6) is -3.33. The number of amides is 1. The van der Waals surface area contributed by atoms with Gasteiger partial charge in [0, 0.05) is 49.6 Å². The molecule has 1 saturated heterocycles. The predicted octanol–water partition coefficient (Wildman–Crippen LogP) is 6.20. The minimum atomic E-state index is -4.69. The van der Waals surface area contributed by atoms with E-state index in [0.29, 0.717) is 36.6 Å². The minimum absolute atomic E-state index is 0.0288. The van der Waals surface area contributed by atoms with Crippen molar-refractivity contribution in [2.45, 2.75) is 25.6 Å². The van der Waals surface area contributed by atoms with Crippen LogP contribution >= 0.6 is 0 Å². The molecule has 46 heavy (non-hydrogen) atoms. The zero-order valence-corrected chi connectivity index (χ0v) is 24.7. The number of imidazole rings is 1. The lowest BCUT2D eigenvalue weighted by Gasteiger charge is -2.15. The molecule has 0 aliphatic carbocycles. The van der Waals surface area contributed by atoms with Crippen LogP contribution in [0.25, 0.3) is 27.7 Å². The van der Waals surface area contributed by atoms with Crippen molar-refractivity contribution in [2.24, 2.45) is 7.05 Å². The smallest absolute Gasteiger partial charge is 0.380 e. The second-order valence-electron chi connectivity index (χ2n) is 11.0. The molecule has 0 saturated carbocycles. The number of anilines is 1. The van der Waals surface area contributed by atoms with Crippen LogP contribution in [0.15, 0.2) is 66.9 Å². The molecule has 0 bridgehead atoms. The second kappa shape index (κ2) is 12.1. The normalized spacial score (nSPS) is 15.4. The molecule has 6 rings (SSSR count). The number of nitrogens with zero attached hydrogens (tertiary/aromatic N) is 3. The molecule has 1 atom stereocenters. The van der Waals surface area contributed by atoms with Crippen molar-refractivity contribution in [3.8, 4) is 11.1 Å². The topological polar surface area (TPSA) is 89.7 Å². The van der Waals surface area contributed by atoms with Crippen molar-refractivity contribution in [3.63, 3.8) is 0 Å². The van der Waals surface area contributed by atoms with Gasteiger partial charge in [0.2, 0.25) is 11.7 Å². The van der Waals surface area contributed by atoms with Crippen molar-refractivity contribution in [3.05, 3.63) is 101 Å². The number of ketones is 1. The number of alkyl halides is 3. The van der Waals surface area contributed by atoms with Gasteiger partial charge >= 0.3 is 6.18 Å². The Balaban J connectivity index is 1.28. The summed E-state index contributed by atoms with van der Waals surface area (Å²) in [5.41, 5.74) is -0.945. The molecule has 4 heterocycles. The molecule has 1 aliphatic rings.